The smallest absolute Gasteiger partial charge is 0.239 e. The number of carbonyl (C=O) groups is 5. The Morgan fingerprint density at radius 3 is 1.84 bits per heavy atom. The summed E-state index contributed by atoms with van der Waals surface area (Å²) in [6.07, 6.45) is 9.62. The normalized spacial score (nSPS) is 14.9. The Hall–Kier alpha value is -2.92. The SMILES string of the molecule is CC1(NCCCNC(=O)CNC(=O)CNC(=O)CNC(=O)CSC(=O)c2ccccc2)CCCCCCC1. The van der Waals surface area contributed by atoms with E-state index in [9.17, 15) is 24.0 Å². The largest absolute Gasteiger partial charge is 0.355 e. The number of hydrogen-bond donors (Lipinski definition) is 5. The fraction of sp³-hybridized carbons (Fsp3) is 0.593. The Labute approximate surface area is 229 Å². The van der Waals surface area contributed by atoms with Crippen LogP contribution in [-0.4, -0.2) is 72.8 Å². The third-order valence-corrected chi connectivity index (χ3v) is 7.27. The molecule has 0 heterocycles. The molecule has 0 spiro atoms. The number of benzene rings is 1. The van der Waals surface area contributed by atoms with E-state index in [4.69, 9.17) is 0 Å². The summed E-state index contributed by atoms with van der Waals surface area (Å²) in [7, 11) is 0. The fourth-order valence-electron chi connectivity index (χ4n) is 4.13. The van der Waals surface area contributed by atoms with Gasteiger partial charge in [0.15, 0.2) is 0 Å². The fourth-order valence-corrected chi connectivity index (χ4v) is 4.80. The molecule has 0 bridgehead atoms. The van der Waals surface area contributed by atoms with E-state index in [1.165, 1.54) is 44.9 Å². The lowest BCUT2D eigenvalue weighted by Gasteiger charge is -2.33. The molecule has 0 unspecified atom stereocenters. The maximum absolute atomic E-state index is 12.0. The van der Waals surface area contributed by atoms with E-state index >= 15 is 0 Å². The molecule has 1 fully saturated rings. The first kappa shape index (κ1) is 31.3. The summed E-state index contributed by atoms with van der Waals surface area (Å²) < 4.78 is 0. The minimum absolute atomic E-state index is 0.119. The Kier molecular flexibility index (Phi) is 14.5. The Morgan fingerprint density at radius 2 is 1.24 bits per heavy atom. The van der Waals surface area contributed by atoms with Crippen LogP contribution in [0.2, 0.25) is 0 Å². The Morgan fingerprint density at radius 1 is 0.711 bits per heavy atom. The van der Waals surface area contributed by atoms with Crippen LogP contribution in [0.4, 0.5) is 0 Å². The topological polar surface area (TPSA) is 145 Å². The van der Waals surface area contributed by atoms with Gasteiger partial charge < -0.3 is 26.6 Å². The van der Waals surface area contributed by atoms with Crippen molar-refractivity contribution >= 4 is 40.5 Å². The van der Waals surface area contributed by atoms with Gasteiger partial charge in [-0.05, 0) is 32.7 Å². The highest BCUT2D eigenvalue weighted by Gasteiger charge is 2.23. The van der Waals surface area contributed by atoms with Crippen LogP contribution in [0, 0.1) is 0 Å². The molecule has 38 heavy (non-hydrogen) atoms. The predicted octanol–water partition coefficient (Wildman–Crippen LogP) is 1.51. The van der Waals surface area contributed by atoms with E-state index in [-0.39, 0.29) is 41.9 Å². The summed E-state index contributed by atoms with van der Waals surface area (Å²) in [5, 5.41) is 13.4. The van der Waals surface area contributed by atoms with Crippen LogP contribution in [0.3, 0.4) is 0 Å². The lowest BCUT2D eigenvalue weighted by atomic mass is 9.85. The molecule has 1 aliphatic carbocycles. The molecule has 0 saturated heterocycles. The van der Waals surface area contributed by atoms with Crippen molar-refractivity contribution in [2.45, 2.75) is 63.8 Å². The molecular weight excluding hydrogens is 506 g/mol. The highest BCUT2D eigenvalue weighted by molar-refractivity contribution is 8.14. The zero-order chi connectivity index (χ0) is 27.6. The maximum atomic E-state index is 12.0. The number of nitrogens with one attached hydrogen (secondary N) is 5. The number of carbonyl (C=O) groups excluding carboxylic acids is 5. The van der Waals surface area contributed by atoms with Crippen molar-refractivity contribution in [3.8, 4) is 0 Å². The maximum Gasteiger partial charge on any atom is 0.239 e. The molecule has 11 heteroatoms. The van der Waals surface area contributed by atoms with Crippen LogP contribution in [-0.2, 0) is 19.2 Å². The average molecular weight is 548 g/mol. The van der Waals surface area contributed by atoms with Crippen LogP contribution in [0.25, 0.3) is 0 Å². The second-order valence-corrected chi connectivity index (χ2v) is 10.7. The number of hydrogen-bond acceptors (Lipinski definition) is 7. The quantitative estimate of drug-likeness (QED) is 0.222. The van der Waals surface area contributed by atoms with Crippen molar-refractivity contribution in [2.75, 3.05) is 38.5 Å². The van der Waals surface area contributed by atoms with Gasteiger partial charge in [-0.3, -0.25) is 24.0 Å². The molecule has 0 radical (unpaired) electrons. The van der Waals surface area contributed by atoms with Gasteiger partial charge in [0.25, 0.3) is 0 Å². The van der Waals surface area contributed by atoms with Gasteiger partial charge in [-0.1, -0.05) is 74.2 Å². The summed E-state index contributed by atoms with van der Waals surface area (Å²) in [6, 6.07) is 8.59. The molecule has 0 aliphatic heterocycles. The van der Waals surface area contributed by atoms with Gasteiger partial charge in [0.05, 0.1) is 25.4 Å². The average Bonchev–Trinajstić information content (AvgIpc) is 2.90. The second kappa shape index (κ2) is 17.6. The third kappa shape index (κ3) is 13.6. The molecule has 1 aromatic rings. The van der Waals surface area contributed by atoms with Gasteiger partial charge in [0.1, 0.15) is 0 Å². The van der Waals surface area contributed by atoms with Gasteiger partial charge >= 0.3 is 0 Å². The number of amides is 4. The second-order valence-electron chi connectivity index (χ2n) is 9.73. The van der Waals surface area contributed by atoms with E-state index < -0.39 is 17.7 Å². The first-order chi connectivity index (χ1) is 18.3. The molecule has 210 valence electrons. The zero-order valence-electron chi connectivity index (χ0n) is 22.2. The predicted molar refractivity (Wildman–Crippen MR) is 149 cm³/mol. The molecule has 1 saturated carbocycles. The van der Waals surface area contributed by atoms with E-state index in [0.29, 0.717) is 12.1 Å². The number of thioether (sulfide) groups is 1. The third-order valence-electron chi connectivity index (χ3n) is 6.37. The lowest BCUT2D eigenvalue weighted by molar-refractivity contribution is -0.128. The van der Waals surface area contributed by atoms with Crippen LogP contribution in [0.15, 0.2) is 30.3 Å². The van der Waals surface area contributed by atoms with E-state index in [1.54, 1.807) is 30.3 Å². The zero-order valence-corrected chi connectivity index (χ0v) is 23.1. The van der Waals surface area contributed by atoms with Gasteiger partial charge in [-0.2, -0.15) is 0 Å². The monoisotopic (exact) mass is 547 g/mol. The van der Waals surface area contributed by atoms with Crippen LogP contribution in [0.1, 0.15) is 68.6 Å². The first-order valence-electron chi connectivity index (χ1n) is 13.3. The summed E-state index contributed by atoms with van der Waals surface area (Å²) >= 11 is 0.844. The number of rotatable bonds is 14. The van der Waals surface area contributed by atoms with Gasteiger partial charge in [-0.25, -0.2) is 0 Å². The summed E-state index contributed by atoms with van der Waals surface area (Å²) in [6.45, 7) is 2.82. The van der Waals surface area contributed by atoms with Crippen molar-refractivity contribution in [1.82, 2.24) is 26.6 Å². The summed E-state index contributed by atoms with van der Waals surface area (Å²) in [4.78, 5) is 59.6. The van der Waals surface area contributed by atoms with Crippen molar-refractivity contribution < 1.29 is 24.0 Å². The molecule has 10 nitrogen and oxygen atoms in total. The van der Waals surface area contributed by atoms with Crippen molar-refractivity contribution in [3.63, 3.8) is 0 Å². The highest BCUT2D eigenvalue weighted by Crippen LogP contribution is 2.25. The van der Waals surface area contributed by atoms with E-state index in [0.717, 1.165) is 24.7 Å². The molecular formula is C27H41N5O5S. The molecule has 5 N–H and O–H groups in total. The molecule has 1 aromatic carbocycles. The standard InChI is InChI=1S/C27H41N5O5S/c1-27(13-8-3-2-4-9-14-27)32-16-10-15-28-22(33)17-29-23(34)18-30-24(35)19-31-25(36)20-38-26(37)21-11-6-5-7-12-21/h5-7,11-12,32H,2-4,8-10,13-20H2,1H3,(H,28,33)(H,29,34)(H,30,35)(H,31,36). The van der Waals surface area contributed by atoms with Crippen LogP contribution >= 0.6 is 11.8 Å². The van der Waals surface area contributed by atoms with E-state index in [1.807, 2.05) is 0 Å². The minimum atomic E-state index is -0.553. The molecule has 4 amide bonds. The first-order valence-corrected chi connectivity index (χ1v) is 14.3. The highest BCUT2D eigenvalue weighted by atomic mass is 32.2. The van der Waals surface area contributed by atoms with Gasteiger partial charge in [0.2, 0.25) is 28.7 Å². The molecule has 0 aromatic heterocycles. The Balaban J connectivity index is 1.48. The van der Waals surface area contributed by atoms with Gasteiger partial charge in [-0.15, -0.1) is 0 Å². The van der Waals surface area contributed by atoms with Crippen molar-refractivity contribution in [3.05, 3.63) is 35.9 Å². The van der Waals surface area contributed by atoms with Crippen LogP contribution < -0.4 is 26.6 Å². The molecule has 1 aliphatic rings. The van der Waals surface area contributed by atoms with Gasteiger partial charge in [0, 0.05) is 17.6 Å². The lowest BCUT2D eigenvalue weighted by Crippen LogP contribution is -2.45. The van der Waals surface area contributed by atoms with Crippen molar-refractivity contribution in [1.29, 1.82) is 0 Å². The summed E-state index contributed by atoms with van der Waals surface area (Å²) in [5.41, 5.74) is 0.668. The van der Waals surface area contributed by atoms with Crippen LogP contribution in [0.5, 0.6) is 0 Å². The molecule has 2 rings (SSSR count). The van der Waals surface area contributed by atoms with Crippen molar-refractivity contribution in [2.24, 2.45) is 0 Å². The summed E-state index contributed by atoms with van der Waals surface area (Å²) in [5.74, 6) is -1.95. The Bertz CT molecular complexity index is 920. The minimum Gasteiger partial charge on any atom is -0.355 e. The molecule has 0 atom stereocenters. The van der Waals surface area contributed by atoms with E-state index in [2.05, 4.69) is 33.5 Å².